The van der Waals surface area contributed by atoms with Crippen LogP contribution in [0.2, 0.25) is 0 Å². The highest BCUT2D eigenvalue weighted by atomic mass is 16.2. The first kappa shape index (κ1) is 10.9. The molecule has 1 N–H and O–H groups in total. The van der Waals surface area contributed by atoms with Crippen molar-refractivity contribution in [2.45, 2.75) is 0 Å². The van der Waals surface area contributed by atoms with Gasteiger partial charge in [0, 0.05) is 30.4 Å². The van der Waals surface area contributed by atoms with E-state index in [1.54, 1.807) is 18.5 Å². The monoisotopic (exact) mass is 227 g/mol. The minimum atomic E-state index is -0.404. The van der Waals surface area contributed by atoms with Crippen molar-refractivity contribution in [3.8, 4) is 0 Å². The molecule has 0 saturated carbocycles. The molecule has 0 saturated heterocycles. The Bertz CT molecular complexity index is 512. The van der Waals surface area contributed by atoms with Crippen molar-refractivity contribution >= 4 is 12.1 Å². The van der Waals surface area contributed by atoms with Crippen molar-refractivity contribution in [1.29, 1.82) is 0 Å². The van der Waals surface area contributed by atoms with E-state index in [9.17, 15) is 4.79 Å². The first-order chi connectivity index (χ1) is 8.36. The lowest BCUT2D eigenvalue weighted by Crippen LogP contribution is -2.19. The molecule has 0 atom stereocenters. The second kappa shape index (κ2) is 5.45. The molecular formula is C11H9N5O. The van der Waals surface area contributed by atoms with Gasteiger partial charge in [-0.25, -0.2) is 10.4 Å². The Morgan fingerprint density at radius 1 is 1.24 bits per heavy atom. The van der Waals surface area contributed by atoms with Crippen molar-refractivity contribution in [3.63, 3.8) is 0 Å². The molecule has 84 valence electrons. The molecule has 0 bridgehead atoms. The summed E-state index contributed by atoms with van der Waals surface area (Å²) in [6.45, 7) is 0. The molecule has 1 amide bonds. The maximum Gasteiger partial charge on any atom is 0.291 e. The van der Waals surface area contributed by atoms with E-state index >= 15 is 0 Å². The van der Waals surface area contributed by atoms with Gasteiger partial charge in [-0.2, -0.15) is 5.10 Å². The summed E-state index contributed by atoms with van der Waals surface area (Å²) in [7, 11) is 0. The number of hydrogen-bond acceptors (Lipinski definition) is 5. The Hall–Kier alpha value is -2.63. The lowest BCUT2D eigenvalue weighted by atomic mass is 10.3. The molecule has 0 aliphatic carbocycles. The average Bonchev–Trinajstić information content (AvgIpc) is 2.41. The van der Waals surface area contributed by atoms with E-state index in [4.69, 9.17) is 0 Å². The highest BCUT2D eigenvalue weighted by molar-refractivity contribution is 5.92. The summed E-state index contributed by atoms with van der Waals surface area (Å²) in [5.41, 5.74) is 3.36. The number of pyridine rings is 1. The molecule has 0 unspecified atom stereocenters. The number of hydrazone groups is 1. The van der Waals surface area contributed by atoms with Gasteiger partial charge in [-0.1, -0.05) is 6.07 Å². The molecule has 0 aliphatic heterocycles. The second-order valence-electron chi connectivity index (χ2n) is 3.08. The van der Waals surface area contributed by atoms with Gasteiger partial charge >= 0.3 is 0 Å². The number of aromatic nitrogens is 3. The number of carbonyl (C=O) groups is 1. The predicted octanol–water partition coefficient (Wildman–Crippen LogP) is 0.635. The van der Waals surface area contributed by atoms with Gasteiger partial charge in [-0.3, -0.25) is 14.8 Å². The summed E-state index contributed by atoms with van der Waals surface area (Å²) in [4.78, 5) is 23.0. The normalized spacial score (nSPS) is 10.4. The summed E-state index contributed by atoms with van der Waals surface area (Å²) < 4.78 is 0. The summed E-state index contributed by atoms with van der Waals surface area (Å²) in [5.74, 6) is -0.404. The van der Waals surface area contributed by atoms with Gasteiger partial charge in [0.25, 0.3) is 5.91 Å². The van der Waals surface area contributed by atoms with Gasteiger partial charge in [0.15, 0.2) is 0 Å². The highest BCUT2D eigenvalue weighted by Crippen LogP contribution is 1.91. The fourth-order valence-electron chi connectivity index (χ4n) is 1.09. The van der Waals surface area contributed by atoms with Gasteiger partial charge in [0.05, 0.1) is 12.4 Å². The largest absolute Gasteiger partial charge is 0.291 e. The maximum atomic E-state index is 11.5. The molecule has 0 aliphatic rings. The van der Waals surface area contributed by atoms with E-state index in [0.717, 1.165) is 5.56 Å². The van der Waals surface area contributed by atoms with Gasteiger partial charge < -0.3 is 0 Å². The Labute approximate surface area is 97.5 Å². The van der Waals surface area contributed by atoms with E-state index < -0.39 is 5.91 Å². The Balaban J connectivity index is 1.95. The van der Waals surface area contributed by atoms with Gasteiger partial charge in [0.1, 0.15) is 5.69 Å². The number of rotatable bonds is 3. The predicted molar refractivity (Wildman–Crippen MR) is 61.3 cm³/mol. The SMILES string of the molecule is O=C(NN=Cc1cccnc1)c1cnccn1. The van der Waals surface area contributed by atoms with Gasteiger partial charge in [-0.05, 0) is 6.07 Å². The zero-order valence-electron chi connectivity index (χ0n) is 8.82. The average molecular weight is 227 g/mol. The van der Waals surface area contributed by atoms with Crippen molar-refractivity contribution < 1.29 is 4.79 Å². The molecule has 0 spiro atoms. The summed E-state index contributed by atoms with van der Waals surface area (Å²) >= 11 is 0. The van der Waals surface area contributed by atoms with Crippen LogP contribution in [0.3, 0.4) is 0 Å². The fraction of sp³-hybridized carbons (Fsp3) is 0. The zero-order valence-corrected chi connectivity index (χ0v) is 8.82. The standard InChI is InChI=1S/C11H9N5O/c17-11(10-8-13-4-5-14-10)16-15-7-9-2-1-3-12-6-9/h1-8H,(H,16,17). The number of amides is 1. The molecule has 0 aromatic carbocycles. The van der Waals surface area contributed by atoms with Crippen molar-refractivity contribution in [2.24, 2.45) is 5.10 Å². The molecule has 17 heavy (non-hydrogen) atoms. The number of nitrogens with zero attached hydrogens (tertiary/aromatic N) is 4. The van der Waals surface area contributed by atoms with E-state index in [1.807, 2.05) is 6.07 Å². The molecule has 2 heterocycles. The fourth-order valence-corrected chi connectivity index (χ4v) is 1.09. The van der Waals surface area contributed by atoms with E-state index in [-0.39, 0.29) is 5.69 Å². The Morgan fingerprint density at radius 3 is 2.82 bits per heavy atom. The van der Waals surface area contributed by atoms with E-state index in [1.165, 1.54) is 24.8 Å². The number of nitrogens with one attached hydrogen (secondary N) is 1. The molecule has 2 aromatic heterocycles. The van der Waals surface area contributed by atoms with Gasteiger partial charge in [0.2, 0.25) is 0 Å². The van der Waals surface area contributed by atoms with Crippen LogP contribution in [0.4, 0.5) is 0 Å². The minimum absolute atomic E-state index is 0.218. The molecule has 0 radical (unpaired) electrons. The van der Waals surface area contributed by atoms with Crippen molar-refractivity contribution in [1.82, 2.24) is 20.4 Å². The van der Waals surface area contributed by atoms with Crippen LogP contribution in [-0.4, -0.2) is 27.1 Å². The van der Waals surface area contributed by atoms with Crippen molar-refractivity contribution in [3.05, 3.63) is 54.4 Å². The second-order valence-corrected chi connectivity index (χ2v) is 3.08. The number of carbonyl (C=O) groups excluding carboxylic acids is 1. The van der Waals surface area contributed by atoms with Gasteiger partial charge in [-0.15, -0.1) is 0 Å². The topological polar surface area (TPSA) is 80.1 Å². The smallest absolute Gasteiger partial charge is 0.265 e. The first-order valence-corrected chi connectivity index (χ1v) is 4.86. The molecular weight excluding hydrogens is 218 g/mol. The lowest BCUT2D eigenvalue weighted by molar-refractivity contribution is 0.0950. The number of hydrogen-bond donors (Lipinski definition) is 1. The summed E-state index contributed by atoms with van der Waals surface area (Å²) in [6, 6.07) is 3.61. The van der Waals surface area contributed by atoms with Crippen LogP contribution in [0.5, 0.6) is 0 Å². The third kappa shape index (κ3) is 3.16. The molecule has 0 fully saturated rings. The highest BCUT2D eigenvalue weighted by Gasteiger charge is 2.03. The molecule has 2 rings (SSSR count). The van der Waals surface area contributed by atoms with Crippen LogP contribution < -0.4 is 5.43 Å². The van der Waals surface area contributed by atoms with Crippen LogP contribution in [0.25, 0.3) is 0 Å². The van der Waals surface area contributed by atoms with Crippen LogP contribution in [-0.2, 0) is 0 Å². The summed E-state index contributed by atoms with van der Waals surface area (Å²) in [6.07, 6.45) is 9.11. The Morgan fingerprint density at radius 2 is 2.12 bits per heavy atom. The van der Waals surface area contributed by atoms with Crippen LogP contribution in [0, 0.1) is 0 Å². The zero-order chi connectivity index (χ0) is 11.9. The minimum Gasteiger partial charge on any atom is -0.265 e. The lowest BCUT2D eigenvalue weighted by Gasteiger charge is -1.97. The van der Waals surface area contributed by atoms with Crippen LogP contribution in [0.15, 0.2) is 48.2 Å². The van der Waals surface area contributed by atoms with Crippen molar-refractivity contribution in [2.75, 3.05) is 0 Å². The summed E-state index contributed by atoms with van der Waals surface area (Å²) in [5, 5.41) is 3.79. The van der Waals surface area contributed by atoms with Crippen LogP contribution >= 0.6 is 0 Å². The molecule has 6 heteroatoms. The van der Waals surface area contributed by atoms with Crippen LogP contribution in [0.1, 0.15) is 16.1 Å². The van der Waals surface area contributed by atoms with E-state index in [2.05, 4.69) is 25.5 Å². The first-order valence-electron chi connectivity index (χ1n) is 4.86. The molecule has 2 aromatic rings. The maximum absolute atomic E-state index is 11.5. The van der Waals surface area contributed by atoms with E-state index in [0.29, 0.717) is 0 Å². The Kier molecular flexibility index (Phi) is 3.49. The third-order valence-electron chi connectivity index (χ3n) is 1.86. The molecule has 6 nitrogen and oxygen atoms in total. The third-order valence-corrected chi connectivity index (χ3v) is 1.86. The quantitative estimate of drug-likeness (QED) is 0.616.